The molecule has 0 saturated carbocycles. The molecule has 8 heteroatoms. The number of ether oxygens (including phenoxy) is 1. The smallest absolute Gasteiger partial charge is 0.339 e. The van der Waals surface area contributed by atoms with Gasteiger partial charge in [0.05, 0.1) is 35.8 Å². The van der Waals surface area contributed by atoms with E-state index in [1.54, 1.807) is 55.1 Å². The van der Waals surface area contributed by atoms with Gasteiger partial charge in [-0.05, 0) is 35.9 Å². The lowest BCUT2D eigenvalue weighted by Gasteiger charge is -2.16. The number of fused-ring (bicyclic) bond motifs is 1. The lowest BCUT2D eigenvalue weighted by molar-refractivity contribution is -0.120. The lowest BCUT2D eigenvalue weighted by atomic mass is 10.1. The molecule has 0 atom stereocenters. The fraction of sp³-hybridized carbons (Fsp3) is 0.182. The quantitative estimate of drug-likeness (QED) is 0.378. The molecule has 1 saturated heterocycles. The van der Waals surface area contributed by atoms with Crippen LogP contribution in [0.3, 0.4) is 0 Å². The number of benzene rings is 2. The van der Waals surface area contributed by atoms with Crippen LogP contribution in [-0.4, -0.2) is 34.0 Å². The highest BCUT2D eigenvalue weighted by molar-refractivity contribution is 6.30. The van der Waals surface area contributed by atoms with Crippen molar-refractivity contribution in [3.8, 4) is 0 Å². The molecule has 2 aromatic carbocycles. The Balaban J connectivity index is 1.74. The number of carbonyl (C=O) groups is 3. The molecule has 1 fully saturated rings. The summed E-state index contributed by atoms with van der Waals surface area (Å²) in [4.78, 5) is 50.8. The second kappa shape index (κ2) is 7.14. The summed E-state index contributed by atoms with van der Waals surface area (Å²) in [5.41, 5.74) is 2.69. The maximum absolute atomic E-state index is 13.0. The highest BCUT2D eigenvalue weighted by Gasteiger charge is 2.37. The fourth-order valence-electron chi connectivity index (χ4n) is 3.70. The number of imidazole rings is 1. The van der Waals surface area contributed by atoms with E-state index in [4.69, 9.17) is 4.74 Å². The van der Waals surface area contributed by atoms with Crippen molar-refractivity contribution in [1.29, 1.82) is 0 Å². The van der Waals surface area contributed by atoms with Gasteiger partial charge in [-0.2, -0.15) is 0 Å². The molecule has 1 aliphatic heterocycles. The predicted octanol–water partition coefficient (Wildman–Crippen LogP) is 2.01. The number of aromatic nitrogens is 2. The summed E-state index contributed by atoms with van der Waals surface area (Å²) in [7, 11) is 4.61. The number of rotatable bonds is 3. The Morgan fingerprint density at radius 1 is 1.00 bits per heavy atom. The number of anilines is 1. The van der Waals surface area contributed by atoms with Gasteiger partial charge in [-0.3, -0.25) is 18.7 Å². The minimum atomic E-state index is -0.626. The van der Waals surface area contributed by atoms with Gasteiger partial charge in [0.15, 0.2) is 0 Å². The molecule has 3 aromatic rings. The number of imide groups is 1. The van der Waals surface area contributed by atoms with Crippen molar-refractivity contribution < 1.29 is 19.1 Å². The highest BCUT2D eigenvalue weighted by atomic mass is 16.5. The minimum absolute atomic E-state index is 0.0832. The third-order valence-electron chi connectivity index (χ3n) is 5.26. The van der Waals surface area contributed by atoms with E-state index in [9.17, 15) is 19.2 Å². The minimum Gasteiger partial charge on any atom is -0.465 e. The van der Waals surface area contributed by atoms with Crippen LogP contribution in [0, 0.1) is 0 Å². The Kier molecular flexibility index (Phi) is 4.62. The Morgan fingerprint density at radius 2 is 1.70 bits per heavy atom. The SMILES string of the molecule is COC(=O)c1ccccc1N1C(=O)CC(=Cc2ccc3c(c2)n(C)c(=O)n3C)C1=O. The van der Waals surface area contributed by atoms with E-state index in [0.717, 1.165) is 15.9 Å². The molecular formula is C22H19N3O5. The van der Waals surface area contributed by atoms with Crippen LogP contribution in [0.15, 0.2) is 52.8 Å². The molecule has 0 unspecified atom stereocenters. The summed E-state index contributed by atoms with van der Waals surface area (Å²) < 4.78 is 7.83. The number of esters is 1. The Morgan fingerprint density at radius 3 is 2.43 bits per heavy atom. The van der Waals surface area contributed by atoms with Crippen molar-refractivity contribution in [2.75, 3.05) is 12.0 Å². The maximum Gasteiger partial charge on any atom is 0.339 e. The molecule has 4 rings (SSSR count). The van der Waals surface area contributed by atoms with E-state index in [0.29, 0.717) is 11.1 Å². The van der Waals surface area contributed by atoms with Crippen molar-refractivity contribution in [3.63, 3.8) is 0 Å². The lowest BCUT2D eigenvalue weighted by Crippen LogP contribution is -2.30. The van der Waals surface area contributed by atoms with Crippen LogP contribution in [0.2, 0.25) is 0 Å². The number of para-hydroxylation sites is 1. The molecule has 2 heterocycles. The number of hydrogen-bond donors (Lipinski definition) is 0. The Labute approximate surface area is 171 Å². The van der Waals surface area contributed by atoms with Crippen molar-refractivity contribution in [3.05, 3.63) is 69.6 Å². The van der Waals surface area contributed by atoms with E-state index < -0.39 is 17.8 Å². The molecule has 152 valence electrons. The second-order valence-electron chi connectivity index (χ2n) is 7.04. The molecule has 0 bridgehead atoms. The van der Waals surface area contributed by atoms with Gasteiger partial charge in [-0.15, -0.1) is 0 Å². The number of hydrogen-bond acceptors (Lipinski definition) is 5. The van der Waals surface area contributed by atoms with Gasteiger partial charge in [0.25, 0.3) is 5.91 Å². The zero-order chi connectivity index (χ0) is 21.6. The number of aryl methyl sites for hydroxylation is 2. The molecule has 30 heavy (non-hydrogen) atoms. The van der Waals surface area contributed by atoms with Crippen molar-refractivity contribution in [2.45, 2.75) is 6.42 Å². The van der Waals surface area contributed by atoms with Crippen molar-refractivity contribution in [2.24, 2.45) is 14.1 Å². The number of amides is 2. The van der Waals surface area contributed by atoms with Crippen LogP contribution < -0.4 is 10.6 Å². The van der Waals surface area contributed by atoms with Crippen LogP contribution >= 0.6 is 0 Å². The summed E-state index contributed by atoms with van der Waals surface area (Å²) in [6.07, 6.45) is 1.55. The first kappa shape index (κ1) is 19.4. The molecule has 1 aromatic heterocycles. The average Bonchev–Trinajstić information content (AvgIpc) is 3.14. The standard InChI is InChI=1S/C22H19N3O5/c1-23-17-9-8-13(11-18(17)24(2)22(23)29)10-14-12-19(26)25(20(14)27)16-7-5-4-6-15(16)21(28)30-3/h4-11H,12H2,1-3H3. The van der Waals surface area contributed by atoms with Gasteiger partial charge in [-0.25, -0.2) is 14.5 Å². The normalized spacial score (nSPS) is 15.4. The molecule has 2 amide bonds. The van der Waals surface area contributed by atoms with Gasteiger partial charge in [-0.1, -0.05) is 18.2 Å². The highest BCUT2D eigenvalue weighted by Crippen LogP contribution is 2.30. The van der Waals surface area contributed by atoms with E-state index in [-0.39, 0.29) is 23.4 Å². The molecular weight excluding hydrogens is 386 g/mol. The largest absolute Gasteiger partial charge is 0.465 e. The summed E-state index contributed by atoms with van der Waals surface area (Å²) in [5.74, 6) is -1.53. The van der Waals surface area contributed by atoms with E-state index in [1.165, 1.54) is 23.8 Å². The first-order valence-electron chi connectivity index (χ1n) is 9.24. The maximum atomic E-state index is 13.0. The van der Waals surface area contributed by atoms with E-state index in [2.05, 4.69) is 0 Å². The van der Waals surface area contributed by atoms with E-state index in [1.807, 2.05) is 0 Å². The van der Waals surface area contributed by atoms with Gasteiger partial charge in [0.2, 0.25) is 5.91 Å². The topological polar surface area (TPSA) is 90.6 Å². The third kappa shape index (κ3) is 2.93. The number of carbonyl (C=O) groups excluding carboxylic acids is 3. The van der Waals surface area contributed by atoms with Gasteiger partial charge in [0.1, 0.15) is 0 Å². The van der Waals surface area contributed by atoms with Crippen molar-refractivity contribution >= 4 is 40.6 Å². The number of nitrogens with zero attached hydrogens (tertiary/aromatic N) is 3. The molecule has 0 spiro atoms. The summed E-state index contributed by atoms with van der Waals surface area (Å²) >= 11 is 0. The Bertz CT molecular complexity index is 1310. The second-order valence-corrected chi connectivity index (χ2v) is 7.04. The summed E-state index contributed by atoms with van der Waals surface area (Å²) in [6, 6.07) is 11.7. The number of methoxy groups -OCH3 is 1. The molecule has 1 aliphatic rings. The zero-order valence-corrected chi connectivity index (χ0v) is 16.7. The van der Waals surface area contributed by atoms with Crippen molar-refractivity contribution in [1.82, 2.24) is 9.13 Å². The summed E-state index contributed by atoms with van der Waals surface area (Å²) in [5, 5.41) is 0. The molecule has 8 nitrogen and oxygen atoms in total. The predicted molar refractivity (Wildman–Crippen MR) is 111 cm³/mol. The van der Waals surface area contributed by atoms with Gasteiger partial charge >= 0.3 is 11.7 Å². The monoisotopic (exact) mass is 405 g/mol. The fourth-order valence-corrected chi connectivity index (χ4v) is 3.70. The van der Waals surface area contributed by atoms with Gasteiger partial charge in [0, 0.05) is 19.7 Å². The molecule has 0 N–H and O–H groups in total. The Hall–Kier alpha value is -3.94. The first-order chi connectivity index (χ1) is 14.3. The van der Waals surface area contributed by atoms with Crippen LogP contribution in [0.5, 0.6) is 0 Å². The molecule has 0 aliphatic carbocycles. The van der Waals surface area contributed by atoms with Crippen LogP contribution in [0.1, 0.15) is 22.3 Å². The third-order valence-corrected chi connectivity index (χ3v) is 5.26. The average molecular weight is 405 g/mol. The zero-order valence-electron chi connectivity index (χ0n) is 16.7. The van der Waals surface area contributed by atoms with Gasteiger partial charge < -0.3 is 4.74 Å². The summed E-state index contributed by atoms with van der Waals surface area (Å²) in [6.45, 7) is 0. The van der Waals surface area contributed by atoms with Crippen LogP contribution in [0.4, 0.5) is 5.69 Å². The molecule has 0 radical (unpaired) electrons. The first-order valence-corrected chi connectivity index (χ1v) is 9.24. The van der Waals surface area contributed by atoms with E-state index >= 15 is 0 Å². The van der Waals surface area contributed by atoms with Crippen LogP contribution in [0.25, 0.3) is 17.1 Å². The van der Waals surface area contributed by atoms with Crippen LogP contribution in [-0.2, 0) is 28.4 Å².